The molecule has 3 aromatic rings. The number of aliphatic carboxylic acids is 1. The molecule has 0 aliphatic carbocycles. The molecule has 0 bridgehead atoms. The highest BCUT2D eigenvalue weighted by Crippen LogP contribution is 2.43. The first-order valence-electron chi connectivity index (χ1n) is 12.4. The summed E-state index contributed by atoms with van der Waals surface area (Å²) in [7, 11) is 0. The lowest BCUT2D eigenvalue weighted by atomic mass is 9.91. The van der Waals surface area contributed by atoms with Crippen LogP contribution in [-0.4, -0.2) is 44.1 Å². The number of nitrogens with zero attached hydrogens (tertiary/aromatic N) is 2. The number of ether oxygens (including phenoxy) is 2. The summed E-state index contributed by atoms with van der Waals surface area (Å²) in [6, 6.07) is 15.0. The van der Waals surface area contributed by atoms with Gasteiger partial charge in [-0.3, -0.25) is 9.59 Å². The normalized spacial score (nSPS) is 21.2. The first kappa shape index (κ1) is 28.2. The van der Waals surface area contributed by atoms with Gasteiger partial charge in [0.2, 0.25) is 5.91 Å². The van der Waals surface area contributed by atoms with Crippen molar-refractivity contribution in [1.82, 2.24) is 10.2 Å². The fourth-order valence-corrected chi connectivity index (χ4v) is 6.19. The van der Waals surface area contributed by atoms with Gasteiger partial charge in [-0.1, -0.05) is 66.4 Å². The fourth-order valence-electron chi connectivity index (χ4n) is 4.19. The van der Waals surface area contributed by atoms with Crippen LogP contribution >= 0.6 is 23.1 Å². The van der Waals surface area contributed by atoms with E-state index in [1.165, 1.54) is 0 Å². The molecule has 9 nitrogen and oxygen atoms in total. The molecule has 2 heterocycles. The smallest absolute Gasteiger partial charge is 0.303 e. The van der Waals surface area contributed by atoms with Gasteiger partial charge in [-0.25, -0.2) is 0 Å². The molecule has 4 atom stereocenters. The number of carbonyl (C=O) groups excluding carboxylic acids is 1. The second kappa shape index (κ2) is 13.3. The molecule has 1 saturated heterocycles. The zero-order valence-electron chi connectivity index (χ0n) is 21.2. The van der Waals surface area contributed by atoms with E-state index in [-0.39, 0.29) is 49.9 Å². The molecule has 1 amide bonds. The van der Waals surface area contributed by atoms with Crippen molar-refractivity contribution in [2.45, 2.75) is 62.6 Å². The van der Waals surface area contributed by atoms with Crippen LogP contribution < -0.4 is 5.32 Å². The number of thioether (sulfide) groups is 1. The molecule has 1 aliphatic rings. The van der Waals surface area contributed by atoms with Crippen molar-refractivity contribution in [3.63, 3.8) is 0 Å². The van der Waals surface area contributed by atoms with Crippen molar-refractivity contribution in [3.05, 3.63) is 70.2 Å². The number of aromatic nitrogens is 2. The molecule has 0 saturated carbocycles. The summed E-state index contributed by atoms with van der Waals surface area (Å²) in [4.78, 5) is 23.0. The lowest BCUT2D eigenvalue weighted by molar-refractivity contribution is -0.268. The second-order valence-corrected chi connectivity index (χ2v) is 11.6. The maximum absolute atomic E-state index is 12.3. The van der Waals surface area contributed by atoms with Crippen LogP contribution in [0, 0.1) is 12.8 Å². The van der Waals surface area contributed by atoms with Crippen LogP contribution in [0.15, 0.2) is 52.9 Å². The minimum absolute atomic E-state index is 0.0254. The molecule has 1 fully saturated rings. The van der Waals surface area contributed by atoms with E-state index in [9.17, 15) is 14.7 Å². The Hall–Kier alpha value is -2.83. The van der Waals surface area contributed by atoms with Gasteiger partial charge in [-0.2, -0.15) is 0 Å². The van der Waals surface area contributed by atoms with E-state index in [0.717, 1.165) is 26.0 Å². The highest BCUT2D eigenvalue weighted by molar-refractivity contribution is 8.01. The third kappa shape index (κ3) is 7.61. The van der Waals surface area contributed by atoms with E-state index in [0.29, 0.717) is 11.4 Å². The van der Waals surface area contributed by atoms with Crippen LogP contribution in [0.3, 0.4) is 0 Å². The van der Waals surface area contributed by atoms with Gasteiger partial charge in [0.25, 0.3) is 0 Å². The number of aliphatic hydroxyl groups excluding tert-OH is 1. The van der Waals surface area contributed by atoms with E-state index in [1.54, 1.807) is 29.2 Å². The largest absolute Gasteiger partial charge is 0.481 e. The molecule has 0 spiro atoms. The quantitative estimate of drug-likeness (QED) is 0.275. The minimum atomic E-state index is -0.921. The average molecular weight is 558 g/mol. The summed E-state index contributed by atoms with van der Waals surface area (Å²) in [5.74, 6) is -0.466. The Morgan fingerprint density at radius 2 is 1.87 bits per heavy atom. The molecule has 202 valence electrons. The van der Waals surface area contributed by atoms with Gasteiger partial charge in [0.1, 0.15) is 5.01 Å². The van der Waals surface area contributed by atoms with E-state index >= 15 is 0 Å². The van der Waals surface area contributed by atoms with E-state index in [4.69, 9.17) is 14.6 Å². The average Bonchev–Trinajstić information content (AvgIpc) is 3.33. The number of amides is 1. The maximum Gasteiger partial charge on any atom is 0.303 e. The molecule has 3 N–H and O–H groups in total. The van der Waals surface area contributed by atoms with Crippen molar-refractivity contribution in [2.24, 2.45) is 5.92 Å². The Bertz CT molecular complexity index is 1240. The Balaban J connectivity index is 1.52. The van der Waals surface area contributed by atoms with E-state index in [1.807, 2.05) is 49.4 Å². The van der Waals surface area contributed by atoms with E-state index in [2.05, 4.69) is 22.4 Å². The summed E-state index contributed by atoms with van der Waals surface area (Å²) in [5, 5.41) is 30.3. The van der Waals surface area contributed by atoms with Gasteiger partial charge in [0, 0.05) is 35.8 Å². The van der Waals surface area contributed by atoms with Gasteiger partial charge < -0.3 is 25.0 Å². The summed E-state index contributed by atoms with van der Waals surface area (Å²) < 4.78 is 13.8. The molecule has 38 heavy (non-hydrogen) atoms. The number of hydrogen-bond acceptors (Lipinski definition) is 9. The Morgan fingerprint density at radius 1 is 1.08 bits per heavy atom. The zero-order chi connectivity index (χ0) is 27.1. The first-order chi connectivity index (χ1) is 18.3. The van der Waals surface area contributed by atoms with Crippen LogP contribution in [0.4, 0.5) is 5.69 Å². The fraction of sp³-hybridized carbons (Fsp3) is 0.407. The highest BCUT2D eigenvalue weighted by Gasteiger charge is 2.38. The molecule has 0 radical (unpaired) electrons. The molecule has 2 aromatic carbocycles. The summed E-state index contributed by atoms with van der Waals surface area (Å²) >= 11 is 3.15. The number of carbonyl (C=O) groups is 2. The number of aliphatic hydroxyl groups is 1. The standard InChI is InChI=1S/C27H31N3O6S2/c1-16-22(15-37-27-30-29-17(2)38-27)35-26(36-25(16)19-11-9-18(14-31)10-12-19)20-5-3-6-21(13-20)28-23(32)7-4-8-24(33)34/h3,5-6,9-13,16,22,25-26,31H,4,7-8,14-15H2,1-2H3,(H,28,32)(H,33,34). The Morgan fingerprint density at radius 3 is 2.55 bits per heavy atom. The number of rotatable bonds is 11. The predicted octanol–water partition coefficient (Wildman–Crippen LogP) is 5.12. The topological polar surface area (TPSA) is 131 Å². The second-order valence-electron chi connectivity index (χ2n) is 9.14. The number of carboxylic acid groups (broad SMARTS) is 1. The Labute approximate surface area is 229 Å². The van der Waals surface area contributed by atoms with Gasteiger partial charge >= 0.3 is 5.97 Å². The summed E-state index contributed by atoms with van der Waals surface area (Å²) in [5.41, 5.74) is 3.18. The van der Waals surface area contributed by atoms with Gasteiger partial charge in [0.05, 0.1) is 18.8 Å². The minimum Gasteiger partial charge on any atom is -0.481 e. The first-order valence-corrected chi connectivity index (χ1v) is 14.2. The number of aryl methyl sites for hydroxylation is 1. The number of nitrogens with one attached hydrogen (secondary N) is 1. The maximum atomic E-state index is 12.3. The number of hydrogen-bond donors (Lipinski definition) is 3. The third-order valence-corrected chi connectivity index (χ3v) is 8.30. The van der Waals surface area contributed by atoms with Crippen molar-refractivity contribution in [3.8, 4) is 0 Å². The molecule has 1 aliphatic heterocycles. The monoisotopic (exact) mass is 557 g/mol. The molecular formula is C27H31N3O6S2. The predicted molar refractivity (Wildman–Crippen MR) is 145 cm³/mol. The van der Waals surface area contributed by atoms with Crippen LogP contribution in [0.2, 0.25) is 0 Å². The van der Waals surface area contributed by atoms with Crippen molar-refractivity contribution >= 4 is 40.7 Å². The van der Waals surface area contributed by atoms with Gasteiger partial charge in [-0.15, -0.1) is 10.2 Å². The highest BCUT2D eigenvalue weighted by atomic mass is 32.2. The summed E-state index contributed by atoms with van der Waals surface area (Å²) in [6.07, 6.45) is -0.721. The lowest BCUT2D eigenvalue weighted by Crippen LogP contribution is -2.38. The molecule has 4 rings (SSSR count). The lowest BCUT2D eigenvalue weighted by Gasteiger charge is -2.41. The van der Waals surface area contributed by atoms with E-state index < -0.39 is 12.3 Å². The van der Waals surface area contributed by atoms with Crippen molar-refractivity contribution in [2.75, 3.05) is 11.1 Å². The third-order valence-electron chi connectivity index (χ3n) is 6.24. The van der Waals surface area contributed by atoms with Crippen molar-refractivity contribution in [1.29, 1.82) is 0 Å². The van der Waals surface area contributed by atoms with Crippen LogP contribution in [0.1, 0.15) is 60.3 Å². The zero-order valence-corrected chi connectivity index (χ0v) is 22.8. The molecule has 11 heteroatoms. The van der Waals surface area contributed by atoms with Crippen molar-refractivity contribution < 1.29 is 29.3 Å². The number of anilines is 1. The Kier molecular flexibility index (Phi) is 9.86. The van der Waals surface area contributed by atoms with Crippen LogP contribution in [-0.2, 0) is 25.7 Å². The van der Waals surface area contributed by atoms with Crippen LogP contribution in [0.5, 0.6) is 0 Å². The van der Waals surface area contributed by atoms with Crippen LogP contribution in [0.25, 0.3) is 0 Å². The van der Waals surface area contributed by atoms with Gasteiger partial charge in [-0.05, 0) is 36.6 Å². The molecule has 1 aromatic heterocycles. The number of benzene rings is 2. The van der Waals surface area contributed by atoms with Gasteiger partial charge in [0.15, 0.2) is 10.6 Å². The SMILES string of the molecule is Cc1nnc(SCC2OC(c3cccc(NC(=O)CCCC(=O)O)c3)OC(c3ccc(CO)cc3)C2C)s1. The number of carboxylic acids is 1. The summed E-state index contributed by atoms with van der Waals surface area (Å²) in [6.45, 7) is 4.00. The molecule has 4 unspecified atom stereocenters. The molecular weight excluding hydrogens is 526 g/mol.